The van der Waals surface area contributed by atoms with Gasteiger partial charge in [-0.3, -0.25) is 9.78 Å². The summed E-state index contributed by atoms with van der Waals surface area (Å²) < 4.78 is 24.1. The summed E-state index contributed by atoms with van der Waals surface area (Å²) in [7, 11) is 0. The van der Waals surface area contributed by atoms with Crippen molar-refractivity contribution in [3.05, 3.63) is 82.8 Å². The van der Waals surface area contributed by atoms with Gasteiger partial charge in [0.05, 0.1) is 11.2 Å². The molecule has 1 fully saturated rings. The molecule has 1 aliphatic rings. The van der Waals surface area contributed by atoms with E-state index in [-0.39, 0.29) is 35.5 Å². The van der Waals surface area contributed by atoms with Crippen molar-refractivity contribution in [3.8, 4) is 5.75 Å². The summed E-state index contributed by atoms with van der Waals surface area (Å²) in [6.45, 7) is 0.0615. The van der Waals surface area contributed by atoms with Crippen LogP contribution in [0.1, 0.15) is 34.3 Å². The lowest BCUT2D eigenvalue weighted by Crippen LogP contribution is -2.44. The molecule has 3 N–H and O–H groups in total. The molecule has 1 amide bonds. The molecule has 2 unspecified atom stereocenters. The van der Waals surface area contributed by atoms with Crippen molar-refractivity contribution in [1.82, 2.24) is 21.2 Å². The van der Waals surface area contributed by atoms with Gasteiger partial charge in [0.15, 0.2) is 5.76 Å². The SMILES string of the molecule is O=C(NC1CC(c2ccncc2)NN1)c1ccc(COc2ccc(F)cc2Cl)o1. The summed E-state index contributed by atoms with van der Waals surface area (Å²) in [5.74, 6) is 0.163. The van der Waals surface area contributed by atoms with Crippen LogP contribution < -0.4 is 20.9 Å². The number of hydrogen-bond donors (Lipinski definition) is 3. The van der Waals surface area contributed by atoms with Gasteiger partial charge in [0, 0.05) is 24.9 Å². The summed E-state index contributed by atoms with van der Waals surface area (Å²) in [6.07, 6.45) is 3.89. The number of benzene rings is 1. The van der Waals surface area contributed by atoms with Gasteiger partial charge >= 0.3 is 0 Å². The topological polar surface area (TPSA) is 88.4 Å². The van der Waals surface area contributed by atoms with Crippen LogP contribution in [-0.2, 0) is 6.61 Å². The molecular weight excluding hydrogens is 399 g/mol. The average Bonchev–Trinajstić information content (AvgIpc) is 3.38. The number of rotatable bonds is 6. The van der Waals surface area contributed by atoms with Crippen LogP contribution in [0.3, 0.4) is 0 Å². The normalized spacial score (nSPS) is 18.6. The third-order valence-corrected chi connectivity index (χ3v) is 4.76. The third-order valence-electron chi connectivity index (χ3n) is 4.47. The molecule has 2 aromatic heterocycles. The van der Waals surface area contributed by atoms with E-state index in [1.165, 1.54) is 18.2 Å². The number of furan rings is 1. The number of ether oxygens (including phenoxy) is 1. The zero-order chi connectivity index (χ0) is 20.2. The van der Waals surface area contributed by atoms with E-state index in [1.807, 2.05) is 12.1 Å². The first-order valence-electron chi connectivity index (χ1n) is 8.97. The van der Waals surface area contributed by atoms with Gasteiger partial charge in [-0.15, -0.1) is 0 Å². The monoisotopic (exact) mass is 416 g/mol. The van der Waals surface area contributed by atoms with Gasteiger partial charge in [-0.2, -0.15) is 0 Å². The van der Waals surface area contributed by atoms with Crippen LogP contribution >= 0.6 is 11.6 Å². The largest absolute Gasteiger partial charge is 0.484 e. The van der Waals surface area contributed by atoms with Crippen LogP contribution in [0.25, 0.3) is 0 Å². The highest BCUT2D eigenvalue weighted by molar-refractivity contribution is 6.32. The Balaban J connectivity index is 1.30. The number of nitrogens with one attached hydrogen (secondary N) is 3. The molecule has 0 saturated carbocycles. The van der Waals surface area contributed by atoms with E-state index in [0.717, 1.165) is 5.56 Å². The Morgan fingerprint density at radius 3 is 2.86 bits per heavy atom. The fourth-order valence-corrected chi connectivity index (χ4v) is 3.23. The van der Waals surface area contributed by atoms with Crippen molar-refractivity contribution >= 4 is 17.5 Å². The molecule has 1 aromatic carbocycles. The highest BCUT2D eigenvalue weighted by atomic mass is 35.5. The van der Waals surface area contributed by atoms with Gasteiger partial charge in [0.2, 0.25) is 0 Å². The predicted octanol–water partition coefficient (Wildman–Crippen LogP) is 3.34. The van der Waals surface area contributed by atoms with Crippen LogP contribution in [-0.4, -0.2) is 17.1 Å². The number of aromatic nitrogens is 1. The van der Waals surface area contributed by atoms with Crippen molar-refractivity contribution in [2.45, 2.75) is 25.2 Å². The van der Waals surface area contributed by atoms with Gasteiger partial charge in [0.25, 0.3) is 5.91 Å². The lowest BCUT2D eigenvalue weighted by molar-refractivity contribution is 0.0900. The molecule has 150 valence electrons. The molecule has 3 heterocycles. The third kappa shape index (κ3) is 4.73. The minimum Gasteiger partial charge on any atom is -0.484 e. The van der Waals surface area contributed by atoms with Gasteiger partial charge in [-0.25, -0.2) is 15.2 Å². The van der Waals surface area contributed by atoms with Crippen molar-refractivity contribution in [2.75, 3.05) is 0 Å². The Kier molecular flexibility index (Phi) is 5.75. The first kappa shape index (κ1) is 19.4. The van der Waals surface area contributed by atoms with Gasteiger partial charge in [-0.05, 0) is 48.0 Å². The average molecular weight is 417 g/mol. The molecular formula is C20H18ClFN4O3. The fourth-order valence-electron chi connectivity index (χ4n) is 3.01. The van der Waals surface area contributed by atoms with E-state index in [1.54, 1.807) is 24.5 Å². The smallest absolute Gasteiger partial charge is 0.288 e. The minimum absolute atomic E-state index is 0.0615. The Labute approximate surface area is 171 Å². The summed E-state index contributed by atoms with van der Waals surface area (Å²) in [6, 6.07) is 11.0. The second-order valence-corrected chi connectivity index (χ2v) is 6.92. The van der Waals surface area contributed by atoms with E-state index >= 15 is 0 Å². The van der Waals surface area contributed by atoms with Gasteiger partial charge < -0.3 is 14.5 Å². The van der Waals surface area contributed by atoms with E-state index in [2.05, 4.69) is 21.2 Å². The van der Waals surface area contributed by atoms with Gasteiger partial charge in [-0.1, -0.05) is 11.6 Å². The molecule has 9 heteroatoms. The Morgan fingerprint density at radius 1 is 1.24 bits per heavy atom. The molecule has 4 rings (SSSR count). The van der Waals surface area contributed by atoms with Crippen molar-refractivity contribution in [3.63, 3.8) is 0 Å². The molecule has 0 bridgehead atoms. The molecule has 0 radical (unpaired) electrons. The van der Waals surface area contributed by atoms with Crippen LogP contribution in [0, 0.1) is 5.82 Å². The number of pyridine rings is 1. The molecule has 2 atom stereocenters. The Bertz CT molecular complexity index is 998. The molecule has 1 saturated heterocycles. The summed E-state index contributed by atoms with van der Waals surface area (Å²) in [5.41, 5.74) is 7.29. The first-order valence-corrected chi connectivity index (χ1v) is 9.34. The number of nitrogens with zero attached hydrogens (tertiary/aromatic N) is 1. The number of hydrogen-bond acceptors (Lipinski definition) is 6. The quantitative estimate of drug-likeness (QED) is 0.571. The molecule has 1 aliphatic heterocycles. The van der Waals surface area contributed by atoms with Gasteiger partial charge in [0.1, 0.15) is 23.9 Å². The lowest BCUT2D eigenvalue weighted by atomic mass is 10.1. The zero-order valence-corrected chi connectivity index (χ0v) is 15.9. The molecule has 0 spiro atoms. The van der Waals surface area contributed by atoms with Crippen LogP contribution in [0.5, 0.6) is 5.75 Å². The maximum absolute atomic E-state index is 13.1. The number of carbonyl (C=O) groups excluding carboxylic acids is 1. The maximum atomic E-state index is 13.1. The lowest BCUT2D eigenvalue weighted by Gasteiger charge is -2.11. The molecule has 3 aromatic rings. The van der Waals surface area contributed by atoms with Crippen LogP contribution in [0.4, 0.5) is 4.39 Å². The molecule has 29 heavy (non-hydrogen) atoms. The standard InChI is InChI=1S/C20H18ClFN4O3/c21-15-9-13(22)1-3-17(15)28-11-14-2-4-18(29-14)20(27)24-19-10-16(25-26-19)12-5-7-23-8-6-12/h1-9,16,19,25-26H,10-11H2,(H,24,27). The van der Waals surface area contributed by atoms with E-state index < -0.39 is 5.82 Å². The highest BCUT2D eigenvalue weighted by Crippen LogP contribution is 2.26. The highest BCUT2D eigenvalue weighted by Gasteiger charge is 2.27. The molecule has 0 aliphatic carbocycles. The second-order valence-electron chi connectivity index (χ2n) is 6.51. The number of carbonyl (C=O) groups is 1. The van der Waals surface area contributed by atoms with E-state index in [4.69, 9.17) is 20.8 Å². The number of amides is 1. The van der Waals surface area contributed by atoms with E-state index in [9.17, 15) is 9.18 Å². The number of hydrazine groups is 1. The maximum Gasteiger partial charge on any atom is 0.288 e. The second kappa shape index (κ2) is 8.60. The van der Waals surface area contributed by atoms with Crippen LogP contribution in [0.15, 0.2) is 59.3 Å². The summed E-state index contributed by atoms with van der Waals surface area (Å²) in [5, 5.41) is 3.04. The Hall–Kier alpha value is -2.94. The number of halogens is 2. The van der Waals surface area contributed by atoms with E-state index in [0.29, 0.717) is 17.9 Å². The summed E-state index contributed by atoms with van der Waals surface area (Å²) >= 11 is 5.93. The Morgan fingerprint density at radius 2 is 2.07 bits per heavy atom. The van der Waals surface area contributed by atoms with Crippen LogP contribution in [0.2, 0.25) is 5.02 Å². The fraction of sp³-hybridized carbons (Fsp3) is 0.200. The van der Waals surface area contributed by atoms with Crippen molar-refractivity contribution in [1.29, 1.82) is 0 Å². The zero-order valence-electron chi connectivity index (χ0n) is 15.2. The van der Waals surface area contributed by atoms with Crippen molar-refractivity contribution in [2.24, 2.45) is 0 Å². The predicted molar refractivity (Wildman–Crippen MR) is 104 cm³/mol. The summed E-state index contributed by atoms with van der Waals surface area (Å²) in [4.78, 5) is 16.4. The first-order chi connectivity index (χ1) is 14.1. The minimum atomic E-state index is -0.444. The van der Waals surface area contributed by atoms with Crippen molar-refractivity contribution < 1.29 is 18.3 Å². The molecule has 7 nitrogen and oxygen atoms in total.